The topological polar surface area (TPSA) is 84.9 Å². The highest BCUT2D eigenvalue weighted by molar-refractivity contribution is 8.18. The first kappa shape index (κ1) is 24.2. The highest BCUT2D eigenvalue weighted by Gasteiger charge is 2.36. The zero-order valence-corrected chi connectivity index (χ0v) is 19.0. The van der Waals surface area contributed by atoms with Crippen LogP contribution in [0, 0.1) is 13.8 Å². The van der Waals surface area contributed by atoms with Crippen molar-refractivity contribution >= 4 is 40.6 Å². The van der Waals surface area contributed by atoms with Crippen LogP contribution in [0.4, 0.5) is 19.3 Å². The molecule has 0 unspecified atom stereocenters. The van der Waals surface area contributed by atoms with Crippen molar-refractivity contribution < 1.29 is 32.6 Å². The van der Waals surface area contributed by atoms with E-state index in [2.05, 4.69) is 10.1 Å². The van der Waals surface area contributed by atoms with E-state index in [0.717, 1.165) is 16.0 Å². The molecule has 174 valence electrons. The number of thioether (sulfide) groups is 1. The molecule has 1 heterocycles. The van der Waals surface area contributed by atoms with Gasteiger partial charge in [-0.05, 0) is 67.4 Å². The summed E-state index contributed by atoms with van der Waals surface area (Å²) < 4.78 is 34.9. The van der Waals surface area contributed by atoms with Gasteiger partial charge in [0.25, 0.3) is 11.1 Å². The van der Waals surface area contributed by atoms with Crippen molar-refractivity contribution in [1.82, 2.24) is 4.90 Å². The van der Waals surface area contributed by atoms with Crippen LogP contribution in [0.15, 0.2) is 41.3 Å². The second-order valence-corrected chi connectivity index (χ2v) is 8.09. The van der Waals surface area contributed by atoms with Crippen LogP contribution in [-0.2, 0) is 9.59 Å². The summed E-state index contributed by atoms with van der Waals surface area (Å²) in [6.45, 7) is 2.16. The molecule has 0 aromatic heterocycles. The van der Waals surface area contributed by atoms with E-state index in [-0.39, 0.29) is 23.0 Å². The van der Waals surface area contributed by atoms with Gasteiger partial charge in [0.2, 0.25) is 5.91 Å². The minimum atomic E-state index is -3.01. The van der Waals surface area contributed by atoms with E-state index in [1.807, 2.05) is 32.0 Å². The summed E-state index contributed by atoms with van der Waals surface area (Å²) in [5.41, 5.74) is 2.81. The molecule has 1 N–H and O–H groups in total. The number of alkyl halides is 2. The number of carbonyl (C=O) groups is 3. The van der Waals surface area contributed by atoms with E-state index < -0.39 is 30.2 Å². The van der Waals surface area contributed by atoms with Crippen LogP contribution in [0.2, 0.25) is 0 Å². The van der Waals surface area contributed by atoms with Crippen molar-refractivity contribution in [2.45, 2.75) is 27.4 Å². The quantitative estimate of drug-likeness (QED) is 0.541. The number of carbonyl (C=O) groups excluding carboxylic acids is 3. The van der Waals surface area contributed by atoms with Gasteiger partial charge in [-0.3, -0.25) is 19.3 Å². The van der Waals surface area contributed by atoms with Gasteiger partial charge < -0.3 is 14.8 Å². The SMILES string of the molecule is CCOc1cc(/C=C2\SC(=O)N(CC(=O)Nc3c(C)cccc3C)C2=O)ccc1OC(F)F. The predicted molar refractivity (Wildman–Crippen MR) is 121 cm³/mol. The molecule has 3 rings (SSSR count). The van der Waals surface area contributed by atoms with Crippen molar-refractivity contribution in [3.05, 3.63) is 58.0 Å². The molecule has 0 saturated carbocycles. The lowest BCUT2D eigenvalue weighted by molar-refractivity contribution is -0.127. The zero-order chi connectivity index (χ0) is 24.1. The highest BCUT2D eigenvalue weighted by atomic mass is 32.2. The third-order valence-corrected chi connectivity index (χ3v) is 5.61. The molecule has 0 bridgehead atoms. The molecule has 33 heavy (non-hydrogen) atoms. The number of hydrogen-bond acceptors (Lipinski definition) is 6. The predicted octanol–water partition coefficient (Wildman–Crippen LogP) is 4.98. The second-order valence-electron chi connectivity index (χ2n) is 7.10. The first-order valence-corrected chi connectivity index (χ1v) is 10.8. The van der Waals surface area contributed by atoms with Crippen LogP contribution in [0.1, 0.15) is 23.6 Å². The fourth-order valence-electron chi connectivity index (χ4n) is 3.20. The van der Waals surface area contributed by atoms with Crippen LogP contribution in [0.5, 0.6) is 11.5 Å². The van der Waals surface area contributed by atoms with Gasteiger partial charge in [-0.2, -0.15) is 8.78 Å². The average molecular weight is 477 g/mol. The number of anilines is 1. The number of hydrogen-bond donors (Lipinski definition) is 1. The van der Waals surface area contributed by atoms with Crippen molar-refractivity contribution in [3.8, 4) is 11.5 Å². The molecule has 1 aliphatic rings. The van der Waals surface area contributed by atoms with E-state index in [1.165, 1.54) is 24.3 Å². The Balaban J connectivity index is 1.75. The van der Waals surface area contributed by atoms with Gasteiger partial charge in [0.05, 0.1) is 11.5 Å². The molecule has 1 aliphatic heterocycles. The summed E-state index contributed by atoms with van der Waals surface area (Å²) in [5.74, 6) is -1.17. The minimum Gasteiger partial charge on any atom is -0.490 e. The molecule has 0 spiro atoms. The van der Waals surface area contributed by atoms with Gasteiger partial charge in [-0.25, -0.2) is 0 Å². The van der Waals surface area contributed by atoms with Gasteiger partial charge in [0, 0.05) is 5.69 Å². The Bertz CT molecular complexity index is 1100. The first-order valence-electron chi connectivity index (χ1n) is 10.0. The Morgan fingerprint density at radius 3 is 2.48 bits per heavy atom. The fraction of sp³-hybridized carbons (Fsp3) is 0.261. The van der Waals surface area contributed by atoms with E-state index in [0.29, 0.717) is 23.0 Å². The normalized spacial score (nSPS) is 14.8. The molecule has 3 amide bonds. The zero-order valence-electron chi connectivity index (χ0n) is 18.2. The molecule has 1 fully saturated rings. The maximum absolute atomic E-state index is 12.7. The smallest absolute Gasteiger partial charge is 0.387 e. The standard InChI is InChI=1S/C23H22F2N2O5S/c1-4-31-17-10-15(8-9-16(17)32-22(24)25)11-18-21(29)27(23(30)33-18)12-19(28)26-20-13(2)6-5-7-14(20)3/h5-11,22H,4,12H2,1-3H3,(H,26,28)/b18-11-. The largest absolute Gasteiger partial charge is 0.490 e. The van der Waals surface area contributed by atoms with Crippen LogP contribution in [0.25, 0.3) is 6.08 Å². The number of para-hydroxylation sites is 1. The summed E-state index contributed by atoms with van der Waals surface area (Å²) in [6.07, 6.45) is 1.43. The number of benzene rings is 2. The Kier molecular flexibility index (Phi) is 7.70. The van der Waals surface area contributed by atoms with E-state index in [4.69, 9.17) is 4.74 Å². The summed E-state index contributed by atoms with van der Waals surface area (Å²) in [5, 5.41) is 2.17. The summed E-state index contributed by atoms with van der Waals surface area (Å²) >= 11 is 0.692. The molecule has 2 aromatic rings. The van der Waals surface area contributed by atoms with Gasteiger partial charge in [-0.1, -0.05) is 24.3 Å². The van der Waals surface area contributed by atoms with Crippen molar-refractivity contribution in [2.24, 2.45) is 0 Å². The fourth-order valence-corrected chi connectivity index (χ4v) is 4.04. The number of imide groups is 1. The first-order chi connectivity index (χ1) is 15.7. The molecule has 10 heteroatoms. The van der Waals surface area contributed by atoms with Gasteiger partial charge >= 0.3 is 6.61 Å². The Hall–Kier alpha value is -3.40. The number of halogens is 2. The number of ether oxygens (including phenoxy) is 2. The Morgan fingerprint density at radius 1 is 1.15 bits per heavy atom. The monoisotopic (exact) mass is 476 g/mol. The molecule has 0 atom stereocenters. The second kappa shape index (κ2) is 10.5. The van der Waals surface area contributed by atoms with Crippen LogP contribution in [0.3, 0.4) is 0 Å². The molecule has 2 aromatic carbocycles. The number of rotatable bonds is 8. The summed E-state index contributed by atoms with van der Waals surface area (Å²) in [4.78, 5) is 38.6. The van der Waals surface area contributed by atoms with Gasteiger partial charge in [0.15, 0.2) is 11.5 Å². The molecule has 0 aliphatic carbocycles. The lowest BCUT2D eigenvalue weighted by atomic mass is 10.1. The molecule has 0 radical (unpaired) electrons. The average Bonchev–Trinajstić information content (AvgIpc) is 3.00. The molecule has 7 nitrogen and oxygen atoms in total. The number of nitrogens with zero attached hydrogens (tertiary/aromatic N) is 1. The Labute approximate surface area is 193 Å². The number of amides is 3. The van der Waals surface area contributed by atoms with E-state index in [9.17, 15) is 23.2 Å². The van der Waals surface area contributed by atoms with Gasteiger partial charge in [0.1, 0.15) is 6.54 Å². The lowest BCUT2D eigenvalue weighted by Crippen LogP contribution is -2.36. The number of nitrogens with one attached hydrogen (secondary N) is 1. The van der Waals surface area contributed by atoms with E-state index in [1.54, 1.807) is 6.92 Å². The maximum Gasteiger partial charge on any atom is 0.387 e. The van der Waals surface area contributed by atoms with Crippen molar-refractivity contribution in [1.29, 1.82) is 0 Å². The number of aryl methyl sites for hydroxylation is 2. The molecule has 1 saturated heterocycles. The van der Waals surface area contributed by atoms with Crippen molar-refractivity contribution in [2.75, 3.05) is 18.5 Å². The Morgan fingerprint density at radius 2 is 1.85 bits per heavy atom. The van der Waals surface area contributed by atoms with Crippen LogP contribution >= 0.6 is 11.8 Å². The third-order valence-electron chi connectivity index (χ3n) is 4.70. The molecular weight excluding hydrogens is 454 g/mol. The summed E-state index contributed by atoms with van der Waals surface area (Å²) in [6, 6.07) is 9.75. The third kappa shape index (κ3) is 5.89. The highest BCUT2D eigenvalue weighted by Crippen LogP contribution is 2.35. The minimum absolute atomic E-state index is 0.0822. The van der Waals surface area contributed by atoms with Crippen LogP contribution in [-0.4, -0.2) is 41.7 Å². The maximum atomic E-state index is 12.7. The lowest BCUT2D eigenvalue weighted by Gasteiger charge is -2.15. The van der Waals surface area contributed by atoms with Crippen LogP contribution < -0.4 is 14.8 Å². The molecular formula is C23H22F2N2O5S. The summed E-state index contributed by atoms with van der Waals surface area (Å²) in [7, 11) is 0. The van der Waals surface area contributed by atoms with Gasteiger partial charge in [-0.15, -0.1) is 0 Å². The van der Waals surface area contributed by atoms with Crippen molar-refractivity contribution in [3.63, 3.8) is 0 Å². The van der Waals surface area contributed by atoms with E-state index >= 15 is 0 Å².